The first kappa shape index (κ1) is 112. The first-order valence-electron chi connectivity index (χ1n) is 38.8. The van der Waals surface area contributed by atoms with E-state index in [1.54, 1.807) is 0 Å². The van der Waals surface area contributed by atoms with Crippen LogP contribution in [0.2, 0.25) is 0 Å². The van der Waals surface area contributed by atoms with E-state index in [1.165, 1.54) is 193 Å². The average Bonchev–Trinajstić information content (AvgIpc) is 0.992. The Labute approximate surface area is 694 Å². The predicted molar refractivity (Wildman–Crippen MR) is 388 cm³/mol. The Morgan fingerprint density at radius 1 is 0.219 bits per heavy atom. The Bertz CT molecular complexity index is 2080. The number of hydrogen-bond acceptors (Lipinski definition) is 18. The summed E-state index contributed by atoms with van der Waals surface area (Å²) < 4.78 is 0. The molecular weight excluding hydrogens is 1380 g/mol. The molecule has 0 aliphatic heterocycles. The first-order valence-corrected chi connectivity index (χ1v) is 38.8. The van der Waals surface area contributed by atoms with Crippen molar-refractivity contribution in [3.63, 3.8) is 0 Å². The van der Waals surface area contributed by atoms with Crippen molar-refractivity contribution in [3.8, 4) is 0 Å². The molecule has 0 saturated carbocycles. The summed E-state index contributed by atoms with van der Waals surface area (Å²) in [7, 11) is 0. The van der Waals surface area contributed by atoms with E-state index < -0.39 is 91.1 Å². The third-order valence-corrected chi connectivity index (χ3v) is 17.5. The molecule has 0 heterocycles. The fourth-order valence-corrected chi connectivity index (χ4v) is 11.5. The van der Waals surface area contributed by atoms with Gasteiger partial charge in [-0.05, 0) is 76.4 Å². The molecule has 0 fully saturated rings. The van der Waals surface area contributed by atoms with Crippen LogP contribution in [0.15, 0.2) is 36.5 Å². The topological polar surface area (TPSA) is 431 Å². The number of carboxylic acid groups (broad SMARTS) is 9. The first-order chi connectivity index (χ1) is 49.0. The Hall–Kier alpha value is -3.66. The number of nitrogens with one attached hydrogen (secondary N) is 3. The Morgan fingerprint density at radius 2 is 0.352 bits per heavy atom. The third kappa shape index (κ3) is 94.5. The Morgan fingerprint density at radius 3 is 0.476 bits per heavy atom. The van der Waals surface area contributed by atoms with Crippen molar-refractivity contribution in [3.05, 3.63) is 36.5 Å². The van der Waals surface area contributed by atoms with Crippen LogP contribution in [0.3, 0.4) is 0 Å². The standard InChI is InChI=1S/3C26H45NO7.3Na/c3*28-22(18-19-24(29)30)17-15-13-11-9-7-5-3-1-2-4-6-8-10-12-14-16-20-27-23(26(33)34)21-25(31)32;;;/h3*18-19,23,27H,1-17,20-21H2,(H,29,30)(H,31,32)(H,33,34);;;/q;;;3*+1/p-3/t3*23-;;;/m000.../s1. The van der Waals surface area contributed by atoms with Crippen molar-refractivity contribution in [2.75, 3.05) is 19.6 Å². The van der Waals surface area contributed by atoms with Crippen LogP contribution in [0.25, 0.3) is 0 Å². The van der Waals surface area contributed by atoms with Crippen molar-refractivity contribution < 1.29 is 192 Å². The molecular formula is C78H132N3Na3O21. The number of aliphatic carboxylic acids is 9. The second kappa shape index (κ2) is 85.9. The van der Waals surface area contributed by atoms with Crippen molar-refractivity contribution in [2.24, 2.45) is 0 Å². The van der Waals surface area contributed by atoms with Gasteiger partial charge in [0.2, 0.25) is 0 Å². The number of carbonyl (C=O) groups excluding carboxylic acids is 6. The summed E-state index contributed by atoms with van der Waals surface area (Å²) in [5.74, 6) is -11.1. The molecule has 0 bridgehead atoms. The summed E-state index contributed by atoms with van der Waals surface area (Å²) in [5.41, 5.74) is 0. The molecule has 0 aromatic carbocycles. The van der Waals surface area contributed by atoms with Gasteiger partial charge in [0.05, 0.1) is 0 Å². The fraction of sp³-hybridized carbons (Fsp3) is 0.769. The summed E-state index contributed by atoms with van der Waals surface area (Å²) in [6.45, 7) is 1.53. The van der Waals surface area contributed by atoms with E-state index in [0.29, 0.717) is 38.9 Å². The number of hydrogen-bond donors (Lipinski definition) is 9. The normalized spacial score (nSPS) is 11.8. The Balaban J connectivity index is -0.000000345. The zero-order chi connectivity index (χ0) is 76.3. The zero-order valence-electron chi connectivity index (χ0n) is 64.8. The number of ketones is 3. The van der Waals surface area contributed by atoms with E-state index in [2.05, 4.69) is 16.0 Å². The quantitative estimate of drug-likeness (QED) is 0.0240. The smallest absolute Gasteiger partial charge is 0.550 e. The van der Waals surface area contributed by atoms with Gasteiger partial charge in [-0.1, -0.05) is 270 Å². The van der Waals surface area contributed by atoms with Crippen LogP contribution >= 0.6 is 0 Å². The third-order valence-electron chi connectivity index (χ3n) is 17.5. The van der Waals surface area contributed by atoms with Gasteiger partial charge in [0, 0.05) is 74.7 Å². The summed E-state index contributed by atoms with van der Waals surface area (Å²) >= 11 is 0. The van der Waals surface area contributed by atoms with Crippen molar-refractivity contribution in [1.29, 1.82) is 0 Å². The van der Waals surface area contributed by atoms with Gasteiger partial charge in [-0.2, -0.15) is 0 Å². The van der Waals surface area contributed by atoms with E-state index in [0.717, 1.165) is 152 Å². The molecule has 0 unspecified atom stereocenters. The second-order valence-electron chi connectivity index (χ2n) is 26.9. The molecule has 0 spiro atoms. The molecule has 0 amide bonds. The van der Waals surface area contributed by atoms with Crippen LogP contribution in [0.5, 0.6) is 0 Å². The average molecular weight is 1520 g/mol. The van der Waals surface area contributed by atoms with Gasteiger partial charge in [-0.3, -0.25) is 28.8 Å². The van der Waals surface area contributed by atoms with Crippen molar-refractivity contribution >= 4 is 71.1 Å². The molecule has 0 aliphatic rings. The summed E-state index contributed by atoms with van der Waals surface area (Å²) in [5, 5.41) is 92.0. The fourth-order valence-electron chi connectivity index (χ4n) is 11.5. The maximum absolute atomic E-state index is 11.4. The van der Waals surface area contributed by atoms with Gasteiger partial charge in [0.1, 0.15) is 18.1 Å². The predicted octanol–water partition coefficient (Wildman–Crippen LogP) is 3.04. The van der Waals surface area contributed by atoms with E-state index in [1.807, 2.05) is 0 Å². The van der Waals surface area contributed by atoms with Gasteiger partial charge in [0.15, 0.2) is 17.3 Å². The zero-order valence-corrected chi connectivity index (χ0v) is 70.8. The number of carboxylic acids is 9. The minimum atomic E-state index is -1.35. The van der Waals surface area contributed by atoms with E-state index in [4.69, 9.17) is 30.6 Å². The minimum Gasteiger partial charge on any atom is -0.550 e. The van der Waals surface area contributed by atoms with E-state index >= 15 is 0 Å². The van der Waals surface area contributed by atoms with E-state index in [-0.39, 0.29) is 106 Å². The van der Waals surface area contributed by atoms with Gasteiger partial charge in [-0.15, -0.1) is 0 Å². The summed E-state index contributed by atoms with van der Waals surface area (Å²) in [4.78, 5) is 130. The van der Waals surface area contributed by atoms with Crippen LogP contribution < -0.4 is 120 Å². The molecule has 0 aromatic heterocycles. The molecule has 105 heavy (non-hydrogen) atoms. The summed E-state index contributed by atoms with van der Waals surface area (Å²) in [6.07, 6.45) is 61.3. The van der Waals surface area contributed by atoms with E-state index in [9.17, 15) is 72.9 Å². The number of rotatable bonds is 75. The van der Waals surface area contributed by atoms with Crippen LogP contribution in [-0.2, 0) is 57.5 Å². The largest absolute Gasteiger partial charge is 1.00 e. The molecule has 27 heteroatoms. The van der Waals surface area contributed by atoms with Crippen LogP contribution in [0.4, 0.5) is 0 Å². The van der Waals surface area contributed by atoms with Crippen molar-refractivity contribution in [1.82, 2.24) is 16.0 Å². The maximum atomic E-state index is 11.4. The molecule has 0 radical (unpaired) electrons. The van der Waals surface area contributed by atoms with Gasteiger partial charge in [0.25, 0.3) is 0 Å². The van der Waals surface area contributed by atoms with Gasteiger partial charge in [-0.25, -0.2) is 14.4 Å². The molecule has 24 nitrogen and oxygen atoms in total. The molecule has 9 N–H and O–H groups in total. The minimum absolute atomic E-state index is 0. The maximum Gasteiger partial charge on any atom is 1.00 e. The number of carbonyl (C=O) groups is 12. The van der Waals surface area contributed by atoms with Gasteiger partial charge >= 0.3 is 124 Å². The molecule has 0 saturated heterocycles. The molecule has 0 aromatic rings. The van der Waals surface area contributed by atoms with Crippen LogP contribution in [0, 0.1) is 0 Å². The van der Waals surface area contributed by atoms with Crippen LogP contribution in [-0.4, -0.2) is 139 Å². The molecule has 3 atom stereocenters. The Kier molecular flexibility index (Phi) is 91.9. The SMILES string of the molecule is O=C(O)C=CC(=O)CCCCCCCCCCCCCCCCCCN[C@@H](CC(=O)[O-])C(=O)O.O=C(O)C=CC(=O)CCCCCCCCCCCCCCCCCCN[C@@H](CC(=O)[O-])C(=O)O.O=C(O)C=CC(=O)CCCCCCCCCCCCCCCCCCN[C@@H](CC(=O)[O-])C(=O)O.[Na+].[Na+].[Na+]. The van der Waals surface area contributed by atoms with Crippen molar-refractivity contribution in [2.45, 2.75) is 365 Å². The summed E-state index contributed by atoms with van der Waals surface area (Å²) in [6, 6.07) is -3.20. The number of allylic oxidation sites excluding steroid dienone is 3. The molecule has 588 valence electrons. The van der Waals surface area contributed by atoms with Gasteiger partial charge < -0.3 is 76.3 Å². The second-order valence-corrected chi connectivity index (χ2v) is 26.9. The monoisotopic (exact) mass is 1520 g/mol. The molecule has 0 rings (SSSR count). The molecule has 0 aliphatic carbocycles. The number of unbranched alkanes of at least 4 members (excludes halogenated alkanes) is 45. The van der Waals surface area contributed by atoms with Crippen LogP contribution in [0.1, 0.15) is 347 Å².